The number of carboxylic acids is 1. The van der Waals surface area contributed by atoms with Crippen molar-refractivity contribution in [2.75, 3.05) is 6.61 Å². The molecule has 0 aliphatic carbocycles. The van der Waals surface area contributed by atoms with E-state index in [9.17, 15) is 4.79 Å². The number of ether oxygens (including phenoxy) is 1. The molecule has 0 spiro atoms. The minimum Gasteiger partial charge on any atom is -0.493 e. The van der Waals surface area contributed by atoms with Crippen LogP contribution >= 0.6 is 11.3 Å². The Morgan fingerprint density at radius 1 is 1.21 bits per heavy atom. The maximum atomic E-state index is 10.8. The van der Waals surface area contributed by atoms with E-state index in [0.717, 1.165) is 43.6 Å². The largest absolute Gasteiger partial charge is 0.493 e. The van der Waals surface area contributed by atoms with E-state index in [1.165, 1.54) is 11.3 Å². The average Bonchev–Trinajstić information content (AvgIpc) is 3.16. The smallest absolute Gasteiger partial charge is 0.303 e. The molecule has 3 rings (SSSR count). The van der Waals surface area contributed by atoms with E-state index < -0.39 is 5.97 Å². The van der Waals surface area contributed by atoms with Crippen molar-refractivity contribution in [1.82, 2.24) is 10.2 Å². The second-order valence-electron chi connectivity index (χ2n) is 6.35. The van der Waals surface area contributed by atoms with Crippen LogP contribution in [0.4, 0.5) is 0 Å². The summed E-state index contributed by atoms with van der Waals surface area (Å²) in [4.78, 5) is 10.8. The van der Waals surface area contributed by atoms with Gasteiger partial charge in [-0.1, -0.05) is 42.2 Å². The zero-order valence-electron chi connectivity index (χ0n) is 15.9. The van der Waals surface area contributed by atoms with E-state index in [4.69, 9.17) is 9.84 Å². The number of rotatable bonds is 8. The Kier molecular flexibility index (Phi) is 6.21. The molecule has 0 unspecified atom stereocenters. The fourth-order valence-corrected chi connectivity index (χ4v) is 3.88. The number of nitrogens with zero attached hydrogens (tertiary/aromatic N) is 2. The quantitative estimate of drug-likeness (QED) is 0.566. The van der Waals surface area contributed by atoms with E-state index in [1.54, 1.807) is 6.08 Å². The first-order valence-corrected chi connectivity index (χ1v) is 9.88. The van der Waals surface area contributed by atoms with E-state index >= 15 is 0 Å². The van der Waals surface area contributed by atoms with E-state index in [-0.39, 0.29) is 6.42 Å². The van der Waals surface area contributed by atoms with Crippen molar-refractivity contribution in [2.45, 2.75) is 26.7 Å². The standard InChI is InChI=1S/C22H22N2O3S/c1-4-16-13-17(8-10-19(16)27-5-2)21-23-24-22(28-21)18-9-6-15(12-14(18)3)7-11-20(25)26/h4,6,8-10,12-13H,1,5,7,11H2,2-3H3,(H,25,26). The van der Waals surface area contributed by atoms with Gasteiger partial charge in [-0.15, -0.1) is 10.2 Å². The zero-order valence-corrected chi connectivity index (χ0v) is 16.8. The normalized spacial score (nSPS) is 10.6. The Morgan fingerprint density at radius 2 is 2.00 bits per heavy atom. The van der Waals surface area contributed by atoms with Crippen molar-refractivity contribution >= 4 is 23.4 Å². The predicted octanol–water partition coefficient (Wildman–Crippen LogP) is 5.24. The van der Waals surface area contributed by atoms with Crippen LogP contribution in [0.2, 0.25) is 0 Å². The van der Waals surface area contributed by atoms with Gasteiger partial charge in [0.05, 0.1) is 6.61 Å². The molecule has 1 aromatic heterocycles. The summed E-state index contributed by atoms with van der Waals surface area (Å²) in [6.07, 6.45) is 2.43. The highest BCUT2D eigenvalue weighted by atomic mass is 32.1. The van der Waals surface area contributed by atoms with Gasteiger partial charge in [0.2, 0.25) is 0 Å². The first-order valence-electron chi connectivity index (χ1n) is 9.06. The molecule has 0 radical (unpaired) electrons. The van der Waals surface area contributed by atoms with Gasteiger partial charge in [0, 0.05) is 23.1 Å². The van der Waals surface area contributed by atoms with Gasteiger partial charge in [-0.25, -0.2) is 0 Å². The molecule has 2 aromatic carbocycles. The summed E-state index contributed by atoms with van der Waals surface area (Å²) in [6.45, 7) is 8.42. The van der Waals surface area contributed by atoms with E-state index in [1.807, 2.05) is 50.2 Å². The second kappa shape index (κ2) is 8.80. The second-order valence-corrected chi connectivity index (χ2v) is 7.32. The third-order valence-corrected chi connectivity index (χ3v) is 5.36. The highest BCUT2D eigenvalue weighted by molar-refractivity contribution is 7.17. The summed E-state index contributed by atoms with van der Waals surface area (Å²) in [5.41, 5.74) is 4.98. The number of carboxylic acid groups (broad SMARTS) is 1. The summed E-state index contributed by atoms with van der Waals surface area (Å²) in [6, 6.07) is 11.9. The summed E-state index contributed by atoms with van der Waals surface area (Å²) in [7, 11) is 0. The zero-order chi connectivity index (χ0) is 20.1. The Labute approximate surface area is 168 Å². The summed E-state index contributed by atoms with van der Waals surface area (Å²) >= 11 is 1.52. The Balaban J connectivity index is 1.86. The fraction of sp³-hybridized carbons (Fsp3) is 0.227. The van der Waals surface area contributed by atoms with Crippen molar-refractivity contribution in [3.63, 3.8) is 0 Å². The van der Waals surface area contributed by atoms with Crippen LogP contribution in [0.5, 0.6) is 5.75 Å². The molecule has 5 nitrogen and oxygen atoms in total. The van der Waals surface area contributed by atoms with Crippen LogP contribution in [0.15, 0.2) is 43.0 Å². The molecule has 1 heterocycles. The monoisotopic (exact) mass is 394 g/mol. The molecule has 0 bridgehead atoms. The maximum absolute atomic E-state index is 10.8. The number of carbonyl (C=O) groups is 1. The molecule has 28 heavy (non-hydrogen) atoms. The van der Waals surface area contributed by atoms with Crippen molar-refractivity contribution in [1.29, 1.82) is 0 Å². The van der Waals surface area contributed by atoms with Crippen LogP contribution in [0.3, 0.4) is 0 Å². The van der Waals surface area contributed by atoms with Crippen LogP contribution in [-0.2, 0) is 11.2 Å². The minimum absolute atomic E-state index is 0.130. The summed E-state index contributed by atoms with van der Waals surface area (Å²) in [5.74, 6) is 0.0172. The number of benzene rings is 2. The Bertz CT molecular complexity index is 1010. The van der Waals surface area contributed by atoms with Crippen LogP contribution in [0.1, 0.15) is 30.0 Å². The van der Waals surface area contributed by atoms with Crippen molar-refractivity contribution in [3.05, 3.63) is 59.7 Å². The fourth-order valence-electron chi connectivity index (χ4n) is 2.95. The molecule has 1 N–H and O–H groups in total. The first-order chi connectivity index (χ1) is 13.5. The van der Waals surface area contributed by atoms with Gasteiger partial charge < -0.3 is 9.84 Å². The highest BCUT2D eigenvalue weighted by Gasteiger charge is 2.13. The van der Waals surface area contributed by atoms with Gasteiger partial charge in [0.1, 0.15) is 15.8 Å². The lowest BCUT2D eigenvalue weighted by atomic mass is 10.0. The lowest BCUT2D eigenvalue weighted by Crippen LogP contribution is -1.98. The highest BCUT2D eigenvalue weighted by Crippen LogP contribution is 2.34. The third-order valence-electron chi connectivity index (χ3n) is 4.35. The number of hydrogen-bond acceptors (Lipinski definition) is 5. The lowest BCUT2D eigenvalue weighted by molar-refractivity contribution is -0.136. The number of hydrogen-bond donors (Lipinski definition) is 1. The molecule has 0 amide bonds. The molecule has 6 heteroatoms. The maximum Gasteiger partial charge on any atom is 0.303 e. The Hall–Kier alpha value is -2.99. The first kappa shape index (κ1) is 19.8. The number of aryl methyl sites for hydroxylation is 2. The Morgan fingerprint density at radius 3 is 2.68 bits per heavy atom. The SMILES string of the molecule is C=Cc1cc(-c2nnc(-c3ccc(CCC(=O)O)cc3C)s2)ccc1OCC. The van der Waals surface area contributed by atoms with Crippen molar-refractivity contribution < 1.29 is 14.6 Å². The predicted molar refractivity (Wildman–Crippen MR) is 113 cm³/mol. The molecule has 0 saturated heterocycles. The van der Waals surface area contributed by atoms with Gasteiger partial charge in [-0.2, -0.15) is 0 Å². The topological polar surface area (TPSA) is 72.3 Å². The lowest BCUT2D eigenvalue weighted by Gasteiger charge is -2.08. The summed E-state index contributed by atoms with van der Waals surface area (Å²) < 4.78 is 5.61. The molecule has 0 aliphatic heterocycles. The molecular formula is C22H22N2O3S. The van der Waals surface area contributed by atoms with Gasteiger partial charge in [0.25, 0.3) is 0 Å². The molecule has 0 saturated carbocycles. The van der Waals surface area contributed by atoms with Crippen LogP contribution in [0, 0.1) is 6.92 Å². The van der Waals surface area contributed by atoms with E-state index in [0.29, 0.717) is 13.0 Å². The van der Waals surface area contributed by atoms with Crippen LogP contribution in [-0.4, -0.2) is 27.9 Å². The summed E-state index contributed by atoms with van der Waals surface area (Å²) in [5, 5.41) is 19.2. The van der Waals surface area contributed by atoms with E-state index in [2.05, 4.69) is 16.8 Å². The van der Waals surface area contributed by atoms with Crippen LogP contribution in [0.25, 0.3) is 27.2 Å². The van der Waals surface area contributed by atoms with Crippen molar-refractivity contribution in [3.8, 4) is 26.9 Å². The molecule has 0 aliphatic rings. The number of aromatic nitrogens is 2. The molecular weight excluding hydrogens is 372 g/mol. The third kappa shape index (κ3) is 4.46. The van der Waals surface area contributed by atoms with Crippen LogP contribution < -0.4 is 4.74 Å². The van der Waals surface area contributed by atoms with Gasteiger partial charge in [0.15, 0.2) is 0 Å². The van der Waals surface area contributed by atoms with Gasteiger partial charge >= 0.3 is 5.97 Å². The van der Waals surface area contributed by atoms with Gasteiger partial charge in [-0.05, 0) is 49.6 Å². The molecule has 0 atom stereocenters. The average molecular weight is 394 g/mol. The molecule has 0 fully saturated rings. The van der Waals surface area contributed by atoms with Gasteiger partial charge in [-0.3, -0.25) is 4.79 Å². The molecule has 3 aromatic rings. The molecule has 144 valence electrons. The van der Waals surface area contributed by atoms with Crippen molar-refractivity contribution in [2.24, 2.45) is 0 Å². The minimum atomic E-state index is -0.787. The number of aliphatic carboxylic acids is 1.